The second-order valence-corrected chi connectivity index (χ2v) is 9.50. The van der Waals surface area contributed by atoms with Crippen molar-refractivity contribution in [1.29, 1.82) is 0 Å². The summed E-state index contributed by atoms with van der Waals surface area (Å²) in [7, 11) is 0. The van der Waals surface area contributed by atoms with Gasteiger partial charge in [-0.1, -0.05) is 55.5 Å². The Labute approximate surface area is 214 Å². The van der Waals surface area contributed by atoms with Gasteiger partial charge in [-0.25, -0.2) is 9.37 Å². The smallest absolute Gasteiger partial charge is 0.276 e. The number of carbonyl (C=O) groups excluding carboxylic acids is 2. The SMILES string of the molecule is CC(C)C(=O)N1CCCC(Cn2ncc(Cl)c2C(=O)Nc2ncc(C#Cc3ccccc3)cc2F)C1. The Kier molecular flexibility index (Phi) is 8.01. The molecule has 1 atom stereocenters. The van der Waals surface area contributed by atoms with Gasteiger partial charge < -0.3 is 10.2 Å². The third kappa shape index (κ3) is 6.10. The highest BCUT2D eigenvalue weighted by atomic mass is 35.5. The Hall–Kier alpha value is -3.70. The maximum Gasteiger partial charge on any atom is 0.276 e. The zero-order chi connectivity index (χ0) is 25.7. The highest BCUT2D eigenvalue weighted by Gasteiger charge is 2.27. The number of anilines is 1. The number of nitrogens with zero attached hydrogens (tertiary/aromatic N) is 4. The second-order valence-electron chi connectivity index (χ2n) is 9.10. The van der Waals surface area contributed by atoms with Crippen molar-refractivity contribution in [3.63, 3.8) is 0 Å². The van der Waals surface area contributed by atoms with Crippen molar-refractivity contribution in [2.45, 2.75) is 33.2 Å². The van der Waals surface area contributed by atoms with Crippen LogP contribution in [-0.4, -0.2) is 44.6 Å². The number of pyridine rings is 1. The van der Waals surface area contributed by atoms with Gasteiger partial charge in [0, 0.05) is 42.9 Å². The van der Waals surface area contributed by atoms with Crippen LogP contribution < -0.4 is 5.32 Å². The molecule has 1 aromatic carbocycles. The fourth-order valence-electron chi connectivity index (χ4n) is 4.18. The molecule has 1 aliphatic heterocycles. The molecule has 3 aromatic rings. The zero-order valence-electron chi connectivity index (χ0n) is 20.2. The molecule has 0 radical (unpaired) electrons. The van der Waals surface area contributed by atoms with Crippen LogP contribution in [0.15, 0.2) is 48.8 Å². The van der Waals surface area contributed by atoms with E-state index in [1.165, 1.54) is 23.1 Å². The molecule has 4 rings (SSSR count). The number of amides is 2. The number of hydrogen-bond acceptors (Lipinski definition) is 4. The van der Waals surface area contributed by atoms with E-state index < -0.39 is 11.7 Å². The van der Waals surface area contributed by atoms with Gasteiger partial charge in [-0.2, -0.15) is 5.10 Å². The van der Waals surface area contributed by atoms with E-state index in [2.05, 4.69) is 27.2 Å². The van der Waals surface area contributed by atoms with Crippen LogP contribution in [0.4, 0.5) is 10.2 Å². The van der Waals surface area contributed by atoms with Crippen LogP contribution >= 0.6 is 11.6 Å². The van der Waals surface area contributed by atoms with E-state index in [1.807, 2.05) is 49.1 Å². The van der Waals surface area contributed by atoms with Crippen molar-refractivity contribution in [2.24, 2.45) is 11.8 Å². The summed E-state index contributed by atoms with van der Waals surface area (Å²) in [4.78, 5) is 31.3. The van der Waals surface area contributed by atoms with E-state index in [0.717, 1.165) is 24.9 Å². The molecule has 2 aromatic heterocycles. The normalized spacial score (nSPS) is 15.4. The van der Waals surface area contributed by atoms with Crippen molar-refractivity contribution in [3.8, 4) is 11.8 Å². The van der Waals surface area contributed by atoms with E-state index in [9.17, 15) is 14.0 Å². The van der Waals surface area contributed by atoms with E-state index in [1.54, 1.807) is 0 Å². The van der Waals surface area contributed by atoms with Crippen LogP contribution in [0.2, 0.25) is 5.02 Å². The number of carbonyl (C=O) groups is 2. The lowest BCUT2D eigenvalue weighted by molar-refractivity contribution is -0.136. The molecule has 1 saturated heterocycles. The van der Waals surface area contributed by atoms with Gasteiger partial charge in [0.05, 0.1) is 11.2 Å². The molecule has 186 valence electrons. The van der Waals surface area contributed by atoms with Gasteiger partial charge in [-0.3, -0.25) is 14.3 Å². The summed E-state index contributed by atoms with van der Waals surface area (Å²) in [5.74, 6) is 4.44. The van der Waals surface area contributed by atoms with E-state index in [4.69, 9.17) is 11.6 Å². The van der Waals surface area contributed by atoms with Gasteiger partial charge in [0.15, 0.2) is 11.6 Å². The van der Waals surface area contributed by atoms with Crippen LogP contribution in [0.1, 0.15) is 48.3 Å². The number of hydrogen-bond donors (Lipinski definition) is 1. The molecule has 2 amide bonds. The van der Waals surface area contributed by atoms with Crippen molar-refractivity contribution < 1.29 is 14.0 Å². The molecule has 1 fully saturated rings. The monoisotopic (exact) mass is 507 g/mol. The van der Waals surface area contributed by atoms with Crippen molar-refractivity contribution in [1.82, 2.24) is 19.7 Å². The fourth-order valence-corrected chi connectivity index (χ4v) is 4.41. The average molecular weight is 508 g/mol. The molecular weight excluding hydrogens is 481 g/mol. The molecule has 9 heteroatoms. The van der Waals surface area contributed by atoms with E-state index in [-0.39, 0.29) is 34.3 Å². The Bertz CT molecular complexity index is 1310. The molecule has 3 heterocycles. The van der Waals surface area contributed by atoms with Crippen LogP contribution in [-0.2, 0) is 11.3 Å². The highest BCUT2D eigenvalue weighted by Crippen LogP contribution is 2.24. The molecular formula is C27H27ClFN5O2. The molecule has 1 unspecified atom stereocenters. The Morgan fingerprint density at radius 2 is 1.94 bits per heavy atom. The van der Waals surface area contributed by atoms with Crippen LogP contribution in [0, 0.1) is 29.5 Å². The predicted octanol–water partition coefficient (Wildman–Crippen LogP) is 4.62. The lowest BCUT2D eigenvalue weighted by Gasteiger charge is -2.34. The number of halogens is 2. The zero-order valence-corrected chi connectivity index (χ0v) is 20.9. The Morgan fingerprint density at radius 1 is 1.19 bits per heavy atom. The van der Waals surface area contributed by atoms with Crippen LogP contribution in [0.25, 0.3) is 0 Å². The molecule has 1 N–H and O–H groups in total. The van der Waals surface area contributed by atoms with Crippen LogP contribution in [0.5, 0.6) is 0 Å². The third-order valence-corrected chi connectivity index (χ3v) is 6.24. The first kappa shape index (κ1) is 25.4. The van der Waals surface area contributed by atoms with Crippen LogP contribution in [0.3, 0.4) is 0 Å². The summed E-state index contributed by atoms with van der Waals surface area (Å²) in [5.41, 5.74) is 1.31. The Morgan fingerprint density at radius 3 is 2.67 bits per heavy atom. The number of likely N-dealkylation sites (tertiary alicyclic amines) is 1. The van der Waals surface area contributed by atoms with Gasteiger partial charge in [-0.05, 0) is 37.0 Å². The van der Waals surface area contributed by atoms with Gasteiger partial charge >= 0.3 is 0 Å². The highest BCUT2D eigenvalue weighted by molar-refractivity contribution is 6.34. The summed E-state index contributed by atoms with van der Waals surface area (Å²) in [6.07, 6.45) is 4.58. The number of rotatable bonds is 5. The summed E-state index contributed by atoms with van der Waals surface area (Å²) < 4.78 is 16.2. The lowest BCUT2D eigenvalue weighted by atomic mass is 9.97. The number of nitrogens with one attached hydrogen (secondary N) is 1. The lowest BCUT2D eigenvalue weighted by Crippen LogP contribution is -2.43. The number of aromatic nitrogens is 3. The molecule has 36 heavy (non-hydrogen) atoms. The average Bonchev–Trinajstić information content (AvgIpc) is 3.24. The first-order valence-electron chi connectivity index (χ1n) is 11.9. The van der Waals surface area contributed by atoms with Crippen molar-refractivity contribution in [2.75, 3.05) is 18.4 Å². The number of piperidine rings is 1. The molecule has 0 saturated carbocycles. The summed E-state index contributed by atoms with van der Waals surface area (Å²) in [6, 6.07) is 10.6. The van der Waals surface area contributed by atoms with Crippen molar-refractivity contribution >= 4 is 29.2 Å². The largest absolute Gasteiger partial charge is 0.342 e. The summed E-state index contributed by atoms with van der Waals surface area (Å²) >= 11 is 6.27. The second kappa shape index (κ2) is 11.4. The molecule has 7 nitrogen and oxygen atoms in total. The first-order valence-corrected chi connectivity index (χ1v) is 12.2. The molecule has 1 aliphatic rings. The van der Waals surface area contributed by atoms with Crippen molar-refractivity contribution in [3.05, 3.63) is 76.5 Å². The minimum absolute atomic E-state index is 0.0673. The van der Waals surface area contributed by atoms with E-state index >= 15 is 0 Å². The quantitative estimate of drug-likeness (QED) is 0.511. The van der Waals surface area contributed by atoms with Gasteiger partial charge in [0.25, 0.3) is 5.91 Å². The number of benzene rings is 1. The maximum absolute atomic E-state index is 14.7. The molecule has 0 bridgehead atoms. The fraction of sp³-hybridized carbons (Fsp3) is 0.333. The molecule has 0 spiro atoms. The van der Waals surface area contributed by atoms with Gasteiger partial charge in [-0.15, -0.1) is 0 Å². The van der Waals surface area contributed by atoms with Gasteiger partial charge in [0.1, 0.15) is 5.69 Å². The van der Waals surface area contributed by atoms with E-state index in [0.29, 0.717) is 18.7 Å². The predicted molar refractivity (Wildman–Crippen MR) is 136 cm³/mol. The third-order valence-electron chi connectivity index (χ3n) is 5.96. The summed E-state index contributed by atoms with van der Waals surface area (Å²) in [5, 5.41) is 6.90. The summed E-state index contributed by atoms with van der Waals surface area (Å²) in [6.45, 7) is 5.52. The minimum atomic E-state index is -0.708. The maximum atomic E-state index is 14.7. The van der Waals surface area contributed by atoms with Gasteiger partial charge in [0.2, 0.25) is 5.91 Å². The first-order chi connectivity index (χ1) is 17.3. The standard InChI is InChI=1S/C27H27ClFN5O2/c1-18(2)27(36)33-12-6-9-21(16-33)17-34-24(22(28)15-31-34)26(35)32-25-23(29)13-20(14-30-25)11-10-19-7-4-3-5-8-19/h3-5,7-8,13-15,18,21H,6,9,12,16-17H2,1-2H3,(H,30,32,35). The topological polar surface area (TPSA) is 80.1 Å². The Balaban J connectivity index is 1.45. The minimum Gasteiger partial charge on any atom is -0.342 e. The molecule has 0 aliphatic carbocycles.